The number of esters is 1. The predicted molar refractivity (Wildman–Crippen MR) is 171 cm³/mol. The van der Waals surface area contributed by atoms with Gasteiger partial charge in [-0.05, 0) is 87.8 Å². The van der Waals surface area contributed by atoms with Crippen LogP contribution >= 0.6 is 0 Å². The summed E-state index contributed by atoms with van der Waals surface area (Å²) in [5, 5.41) is 3.71. The van der Waals surface area contributed by atoms with Crippen LogP contribution in [0.3, 0.4) is 0 Å². The topological polar surface area (TPSA) is 101 Å². The van der Waals surface area contributed by atoms with Crippen molar-refractivity contribution < 1.29 is 14.3 Å². The van der Waals surface area contributed by atoms with Gasteiger partial charge in [0.25, 0.3) is 0 Å². The third kappa shape index (κ3) is 9.15. The number of aromatic amines is 1. The number of hydrogen-bond donors (Lipinski definition) is 2. The molecule has 0 aliphatic carbocycles. The quantitative estimate of drug-likeness (QED) is 0.231. The lowest BCUT2D eigenvalue weighted by Gasteiger charge is -2.40. The summed E-state index contributed by atoms with van der Waals surface area (Å²) in [7, 11) is 0. The second kappa shape index (κ2) is 15.7. The van der Waals surface area contributed by atoms with Crippen molar-refractivity contribution in [3.8, 4) is 5.75 Å². The minimum Gasteiger partial charge on any atom is -0.482 e. The molecule has 3 aromatic rings. The standard InChI is InChI=1S/C34H51N7O3/c1-4-43-32(42)25-44-29-8-5-7-28(21-29)23-38-30(22-31-35-12-13-36-31)33-37-14-20-41(33)16-6-15-40-19-11-34(26-40)9-17-39(18-10-34)24-27(2)3/h5,7-8,12-14,20-21,27,30,38H,4,6,9-11,15-19,22-26H2,1-3H3,(H,35,36). The minimum atomic E-state index is -0.368. The van der Waals surface area contributed by atoms with Crippen LogP contribution in [0.2, 0.25) is 0 Å². The summed E-state index contributed by atoms with van der Waals surface area (Å²) >= 11 is 0. The van der Waals surface area contributed by atoms with Crippen LogP contribution in [0.5, 0.6) is 5.75 Å². The van der Waals surface area contributed by atoms with Crippen molar-refractivity contribution in [2.45, 2.75) is 72.0 Å². The van der Waals surface area contributed by atoms with Gasteiger partial charge in [0.05, 0.1) is 12.6 Å². The summed E-state index contributed by atoms with van der Waals surface area (Å²) in [6.45, 7) is 15.6. The van der Waals surface area contributed by atoms with Gasteiger partial charge in [-0.1, -0.05) is 26.0 Å². The Morgan fingerprint density at radius 2 is 1.91 bits per heavy atom. The first-order valence-corrected chi connectivity index (χ1v) is 16.5. The lowest BCUT2D eigenvalue weighted by Crippen LogP contribution is -2.42. The number of rotatable bonds is 16. The number of aromatic nitrogens is 4. The number of aryl methyl sites for hydroxylation is 1. The smallest absolute Gasteiger partial charge is 0.344 e. The van der Waals surface area contributed by atoms with E-state index in [1.807, 2.05) is 30.6 Å². The molecule has 2 aliphatic heterocycles. The van der Waals surface area contributed by atoms with E-state index in [1.54, 1.807) is 13.1 Å². The van der Waals surface area contributed by atoms with Crippen molar-refractivity contribution in [3.63, 3.8) is 0 Å². The number of likely N-dealkylation sites (tertiary alicyclic amines) is 2. The maximum absolute atomic E-state index is 11.7. The van der Waals surface area contributed by atoms with Gasteiger partial charge in [0.15, 0.2) is 6.61 Å². The number of ether oxygens (including phenoxy) is 2. The second-order valence-electron chi connectivity index (χ2n) is 13.0. The Balaban J connectivity index is 1.14. The van der Waals surface area contributed by atoms with Crippen LogP contribution in [0.15, 0.2) is 49.1 Å². The molecule has 1 unspecified atom stereocenters. The summed E-state index contributed by atoms with van der Waals surface area (Å²) in [4.78, 5) is 29.6. The van der Waals surface area contributed by atoms with E-state index in [2.05, 4.69) is 55.8 Å². The highest BCUT2D eigenvalue weighted by Gasteiger charge is 2.40. The molecule has 2 aromatic heterocycles. The van der Waals surface area contributed by atoms with Crippen LogP contribution < -0.4 is 10.1 Å². The van der Waals surface area contributed by atoms with E-state index in [1.165, 1.54) is 52.0 Å². The molecule has 0 bridgehead atoms. The molecule has 5 rings (SSSR count). The largest absolute Gasteiger partial charge is 0.482 e. The number of H-pyrrole nitrogens is 1. The highest BCUT2D eigenvalue weighted by atomic mass is 16.6. The third-order valence-corrected chi connectivity index (χ3v) is 9.06. The van der Waals surface area contributed by atoms with Crippen molar-refractivity contribution in [1.82, 2.24) is 34.6 Å². The van der Waals surface area contributed by atoms with Gasteiger partial charge in [-0.2, -0.15) is 0 Å². The third-order valence-electron chi connectivity index (χ3n) is 9.06. The monoisotopic (exact) mass is 605 g/mol. The van der Waals surface area contributed by atoms with E-state index in [-0.39, 0.29) is 18.6 Å². The van der Waals surface area contributed by atoms with Gasteiger partial charge in [0, 0.05) is 57.4 Å². The van der Waals surface area contributed by atoms with Gasteiger partial charge in [0.2, 0.25) is 0 Å². The van der Waals surface area contributed by atoms with Crippen molar-refractivity contribution in [3.05, 3.63) is 66.3 Å². The maximum Gasteiger partial charge on any atom is 0.344 e. The van der Waals surface area contributed by atoms with Crippen molar-refractivity contribution in [2.24, 2.45) is 11.3 Å². The number of nitrogens with zero attached hydrogens (tertiary/aromatic N) is 5. The zero-order chi connectivity index (χ0) is 30.8. The maximum atomic E-state index is 11.7. The number of carbonyl (C=O) groups is 1. The van der Waals surface area contributed by atoms with Gasteiger partial charge in [-0.15, -0.1) is 0 Å². The molecule has 0 amide bonds. The van der Waals surface area contributed by atoms with Crippen LogP contribution in [-0.4, -0.2) is 87.8 Å². The lowest BCUT2D eigenvalue weighted by atomic mass is 9.77. The van der Waals surface area contributed by atoms with E-state index < -0.39 is 0 Å². The zero-order valence-corrected chi connectivity index (χ0v) is 26.8. The lowest BCUT2D eigenvalue weighted by molar-refractivity contribution is -0.145. The van der Waals surface area contributed by atoms with Gasteiger partial charge in [-0.3, -0.25) is 0 Å². The Kier molecular flexibility index (Phi) is 11.5. The molecule has 44 heavy (non-hydrogen) atoms. The molecule has 0 radical (unpaired) electrons. The first-order chi connectivity index (χ1) is 21.4. The molecule has 240 valence electrons. The molecule has 1 aromatic carbocycles. The molecule has 2 N–H and O–H groups in total. The van der Waals surface area contributed by atoms with Crippen LogP contribution in [0, 0.1) is 11.3 Å². The van der Waals surface area contributed by atoms with E-state index in [0.717, 1.165) is 42.6 Å². The highest BCUT2D eigenvalue weighted by molar-refractivity contribution is 5.71. The van der Waals surface area contributed by atoms with E-state index in [4.69, 9.17) is 14.5 Å². The van der Waals surface area contributed by atoms with Gasteiger partial charge in [-0.25, -0.2) is 14.8 Å². The van der Waals surface area contributed by atoms with Gasteiger partial charge < -0.3 is 34.1 Å². The number of nitrogens with one attached hydrogen (secondary N) is 2. The predicted octanol–water partition coefficient (Wildman–Crippen LogP) is 4.46. The second-order valence-corrected chi connectivity index (χ2v) is 13.0. The van der Waals surface area contributed by atoms with Gasteiger partial charge >= 0.3 is 5.97 Å². The number of piperidine rings is 1. The minimum absolute atomic E-state index is 0.0219. The van der Waals surface area contributed by atoms with Crippen molar-refractivity contribution >= 4 is 5.97 Å². The van der Waals surface area contributed by atoms with Crippen molar-refractivity contribution in [1.29, 1.82) is 0 Å². The Morgan fingerprint density at radius 3 is 2.66 bits per heavy atom. The molecule has 1 atom stereocenters. The summed E-state index contributed by atoms with van der Waals surface area (Å²) < 4.78 is 12.9. The molecule has 2 aliphatic rings. The Labute approximate surface area is 262 Å². The average Bonchev–Trinajstić information content (AvgIpc) is 3.78. The molecule has 10 nitrogen and oxygen atoms in total. The highest BCUT2D eigenvalue weighted by Crippen LogP contribution is 2.40. The Bertz CT molecular complexity index is 1280. The summed E-state index contributed by atoms with van der Waals surface area (Å²) in [5.41, 5.74) is 1.60. The molecule has 1 spiro atoms. The van der Waals surface area contributed by atoms with E-state index in [0.29, 0.717) is 30.7 Å². The fraction of sp³-hybridized carbons (Fsp3) is 0.618. The number of benzene rings is 1. The molecule has 2 fully saturated rings. The fourth-order valence-electron chi connectivity index (χ4n) is 6.83. The summed E-state index contributed by atoms with van der Waals surface area (Å²) in [5.74, 6) is 2.97. The van der Waals surface area contributed by atoms with E-state index >= 15 is 0 Å². The van der Waals surface area contributed by atoms with Crippen LogP contribution in [0.1, 0.15) is 69.7 Å². The van der Waals surface area contributed by atoms with Gasteiger partial charge in [0.1, 0.15) is 17.4 Å². The molecule has 2 saturated heterocycles. The van der Waals surface area contributed by atoms with Crippen LogP contribution in [-0.2, 0) is 29.0 Å². The van der Waals surface area contributed by atoms with Crippen LogP contribution in [0.25, 0.3) is 0 Å². The number of hydrogen-bond acceptors (Lipinski definition) is 8. The molecule has 10 heteroatoms. The molecular formula is C34H51N7O3. The van der Waals surface area contributed by atoms with Crippen molar-refractivity contribution in [2.75, 3.05) is 52.5 Å². The van der Waals surface area contributed by atoms with Crippen LogP contribution in [0.4, 0.5) is 0 Å². The SMILES string of the molecule is CCOC(=O)COc1cccc(CNC(Cc2ncc[nH]2)c2nccn2CCCN2CCC3(CCN(CC(C)C)CC3)C2)c1. The zero-order valence-electron chi connectivity index (χ0n) is 26.8. The number of carbonyl (C=O) groups excluding carboxylic acids is 1. The van der Waals surface area contributed by atoms with E-state index in [9.17, 15) is 4.79 Å². The fourth-order valence-corrected chi connectivity index (χ4v) is 6.83. The summed E-state index contributed by atoms with van der Waals surface area (Å²) in [6.07, 6.45) is 13.5. The Morgan fingerprint density at radius 1 is 1.09 bits per heavy atom. The normalized spacial score (nSPS) is 17.8. The Hall–Kier alpha value is -3.21. The molecular weight excluding hydrogens is 554 g/mol. The molecule has 4 heterocycles. The molecule has 0 saturated carbocycles. The average molecular weight is 606 g/mol. The first-order valence-electron chi connectivity index (χ1n) is 16.5. The summed E-state index contributed by atoms with van der Waals surface area (Å²) in [6, 6.07) is 7.79. The first kappa shape index (κ1) is 32.2. The number of imidazole rings is 2.